The van der Waals surface area contributed by atoms with Crippen LogP contribution in [-0.4, -0.2) is 37.0 Å². The number of hydrogen-bond donors (Lipinski definition) is 1. The molecular formula is C15H22N2O2. The Balaban J connectivity index is 1.90. The van der Waals surface area contributed by atoms with E-state index in [1.165, 1.54) is 5.56 Å². The van der Waals surface area contributed by atoms with E-state index in [9.17, 15) is 4.79 Å². The van der Waals surface area contributed by atoms with E-state index in [4.69, 9.17) is 4.74 Å². The van der Waals surface area contributed by atoms with Crippen molar-refractivity contribution in [3.63, 3.8) is 0 Å². The minimum absolute atomic E-state index is 0.243. The number of para-hydroxylation sites is 1. The maximum absolute atomic E-state index is 11.4. The van der Waals surface area contributed by atoms with Crippen LogP contribution in [0, 0.1) is 0 Å². The summed E-state index contributed by atoms with van der Waals surface area (Å²) in [5, 5.41) is 3.51. The number of hydrogen-bond acceptors (Lipinski definition) is 3. The molecule has 1 amide bonds. The third-order valence-electron chi connectivity index (χ3n) is 3.48. The van der Waals surface area contributed by atoms with E-state index in [1.54, 1.807) is 4.90 Å². The predicted octanol–water partition coefficient (Wildman–Crippen LogP) is 1.80. The van der Waals surface area contributed by atoms with Gasteiger partial charge in [-0.2, -0.15) is 0 Å². The molecule has 4 nitrogen and oxygen atoms in total. The first-order chi connectivity index (χ1) is 9.20. The molecule has 1 atom stereocenters. The number of amides is 1. The number of likely N-dealkylation sites (tertiary alicyclic amines) is 1. The van der Waals surface area contributed by atoms with Crippen molar-refractivity contribution in [2.24, 2.45) is 0 Å². The molecule has 1 N–H and O–H groups in total. The predicted molar refractivity (Wildman–Crippen MR) is 75.1 cm³/mol. The van der Waals surface area contributed by atoms with Crippen molar-refractivity contribution in [1.82, 2.24) is 10.2 Å². The molecule has 1 aliphatic heterocycles. The van der Waals surface area contributed by atoms with Crippen molar-refractivity contribution < 1.29 is 9.53 Å². The smallest absolute Gasteiger partial charge is 0.222 e. The van der Waals surface area contributed by atoms with Gasteiger partial charge in [-0.25, -0.2) is 0 Å². The van der Waals surface area contributed by atoms with Crippen molar-refractivity contribution in [2.75, 3.05) is 20.2 Å². The Morgan fingerprint density at radius 2 is 2.21 bits per heavy atom. The minimum Gasteiger partial charge on any atom is -0.494 e. The lowest BCUT2D eigenvalue weighted by atomic mass is 10.1. The molecule has 1 saturated heterocycles. The Bertz CT molecular complexity index is 434. The third-order valence-corrected chi connectivity index (χ3v) is 3.48. The lowest BCUT2D eigenvalue weighted by Crippen LogP contribution is -2.46. The molecule has 0 spiro atoms. The maximum atomic E-state index is 11.4. The first-order valence-corrected chi connectivity index (χ1v) is 6.88. The summed E-state index contributed by atoms with van der Waals surface area (Å²) in [5.41, 5.74) is 1.17. The molecule has 0 aliphatic carbocycles. The summed E-state index contributed by atoms with van der Waals surface area (Å²) >= 11 is 0. The summed E-state index contributed by atoms with van der Waals surface area (Å²) < 4.78 is 5.61. The van der Waals surface area contributed by atoms with E-state index in [-0.39, 0.29) is 5.91 Å². The van der Waals surface area contributed by atoms with Crippen molar-refractivity contribution in [1.29, 1.82) is 0 Å². The zero-order valence-corrected chi connectivity index (χ0v) is 11.7. The molecule has 1 fully saturated rings. The number of benzene rings is 1. The van der Waals surface area contributed by atoms with E-state index in [2.05, 4.69) is 11.4 Å². The lowest BCUT2D eigenvalue weighted by Gasteiger charge is -2.30. The van der Waals surface area contributed by atoms with Crippen LogP contribution < -0.4 is 10.1 Å². The number of likely N-dealkylation sites (N-methyl/N-ethyl adjacent to an activating group) is 1. The fraction of sp³-hybridized carbons (Fsp3) is 0.533. The van der Waals surface area contributed by atoms with Gasteiger partial charge in [0.15, 0.2) is 0 Å². The second-order valence-corrected chi connectivity index (χ2v) is 4.93. The molecular weight excluding hydrogens is 240 g/mol. The van der Waals surface area contributed by atoms with Gasteiger partial charge in [0.1, 0.15) is 5.75 Å². The van der Waals surface area contributed by atoms with Crippen molar-refractivity contribution >= 4 is 5.91 Å². The molecule has 1 aromatic carbocycles. The molecule has 1 aliphatic rings. The molecule has 19 heavy (non-hydrogen) atoms. The third kappa shape index (κ3) is 3.70. The molecule has 0 bridgehead atoms. The van der Waals surface area contributed by atoms with Crippen molar-refractivity contribution in [2.45, 2.75) is 32.4 Å². The number of rotatable bonds is 5. The Morgan fingerprint density at radius 1 is 1.42 bits per heavy atom. The van der Waals surface area contributed by atoms with Crippen LogP contribution in [0.1, 0.15) is 25.3 Å². The first-order valence-electron chi connectivity index (χ1n) is 6.88. The first kappa shape index (κ1) is 13.9. The maximum Gasteiger partial charge on any atom is 0.222 e. The standard InChI is InChI=1S/C15H22N2O2/c1-3-19-14-7-5-4-6-12(14)10-16-13-8-9-15(18)17(2)11-13/h4-7,13,16H,3,8-11H2,1-2H3. The summed E-state index contributed by atoms with van der Waals surface area (Å²) in [6.07, 6.45) is 1.56. The van der Waals surface area contributed by atoms with E-state index in [0.29, 0.717) is 19.1 Å². The fourth-order valence-corrected chi connectivity index (χ4v) is 2.38. The highest BCUT2D eigenvalue weighted by molar-refractivity contribution is 5.76. The highest BCUT2D eigenvalue weighted by atomic mass is 16.5. The summed E-state index contributed by atoms with van der Waals surface area (Å²) in [6.45, 7) is 4.24. The molecule has 104 valence electrons. The zero-order chi connectivity index (χ0) is 13.7. The lowest BCUT2D eigenvalue weighted by molar-refractivity contribution is -0.132. The number of nitrogens with zero attached hydrogens (tertiary/aromatic N) is 1. The van der Waals surface area contributed by atoms with Gasteiger partial charge in [-0.05, 0) is 19.4 Å². The van der Waals surface area contributed by atoms with Crippen LogP contribution in [-0.2, 0) is 11.3 Å². The number of piperidine rings is 1. The second kappa shape index (κ2) is 6.57. The fourth-order valence-electron chi connectivity index (χ4n) is 2.38. The molecule has 0 radical (unpaired) electrons. The Morgan fingerprint density at radius 3 is 2.95 bits per heavy atom. The molecule has 0 aromatic heterocycles. The van der Waals surface area contributed by atoms with Gasteiger partial charge >= 0.3 is 0 Å². The number of nitrogens with one attached hydrogen (secondary N) is 1. The van der Waals surface area contributed by atoms with E-state index >= 15 is 0 Å². The van der Waals surface area contributed by atoms with E-state index in [1.807, 2.05) is 32.2 Å². The van der Waals surface area contributed by atoms with Gasteiger partial charge in [-0.1, -0.05) is 18.2 Å². The van der Waals surface area contributed by atoms with Gasteiger partial charge in [-0.3, -0.25) is 4.79 Å². The summed E-state index contributed by atoms with van der Waals surface area (Å²) in [6, 6.07) is 8.46. The molecule has 4 heteroatoms. The summed E-state index contributed by atoms with van der Waals surface area (Å²) in [7, 11) is 1.87. The number of carbonyl (C=O) groups excluding carboxylic acids is 1. The van der Waals surface area contributed by atoms with Crippen LogP contribution >= 0.6 is 0 Å². The van der Waals surface area contributed by atoms with Gasteiger partial charge in [-0.15, -0.1) is 0 Å². The normalized spacial score (nSPS) is 19.6. The molecule has 1 unspecified atom stereocenters. The molecule has 2 rings (SSSR count). The zero-order valence-electron chi connectivity index (χ0n) is 11.7. The summed E-state index contributed by atoms with van der Waals surface area (Å²) in [4.78, 5) is 13.2. The van der Waals surface area contributed by atoms with Crippen LogP contribution in [0.5, 0.6) is 5.75 Å². The van der Waals surface area contributed by atoms with Crippen molar-refractivity contribution in [3.8, 4) is 5.75 Å². The highest BCUT2D eigenvalue weighted by Crippen LogP contribution is 2.18. The average Bonchev–Trinajstić information content (AvgIpc) is 2.42. The van der Waals surface area contributed by atoms with Gasteiger partial charge in [0.25, 0.3) is 0 Å². The summed E-state index contributed by atoms with van der Waals surface area (Å²) in [5.74, 6) is 1.19. The van der Waals surface area contributed by atoms with Gasteiger partial charge in [0.05, 0.1) is 6.61 Å². The average molecular weight is 262 g/mol. The highest BCUT2D eigenvalue weighted by Gasteiger charge is 2.22. The van der Waals surface area contributed by atoms with Crippen LogP contribution in [0.3, 0.4) is 0 Å². The monoisotopic (exact) mass is 262 g/mol. The van der Waals surface area contributed by atoms with Crippen LogP contribution in [0.15, 0.2) is 24.3 Å². The van der Waals surface area contributed by atoms with Gasteiger partial charge in [0, 0.05) is 38.2 Å². The van der Waals surface area contributed by atoms with Crippen molar-refractivity contribution in [3.05, 3.63) is 29.8 Å². The van der Waals surface area contributed by atoms with Crippen LogP contribution in [0.25, 0.3) is 0 Å². The molecule has 0 saturated carbocycles. The van der Waals surface area contributed by atoms with E-state index < -0.39 is 0 Å². The van der Waals surface area contributed by atoms with Gasteiger partial charge < -0.3 is 15.0 Å². The topological polar surface area (TPSA) is 41.6 Å². The SMILES string of the molecule is CCOc1ccccc1CNC1CCC(=O)N(C)C1. The van der Waals surface area contributed by atoms with Crippen LogP contribution in [0.4, 0.5) is 0 Å². The minimum atomic E-state index is 0.243. The number of carbonyl (C=O) groups is 1. The Hall–Kier alpha value is -1.55. The second-order valence-electron chi connectivity index (χ2n) is 4.93. The largest absolute Gasteiger partial charge is 0.494 e. The molecule has 1 heterocycles. The molecule has 1 aromatic rings. The van der Waals surface area contributed by atoms with Gasteiger partial charge in [0.2, 0.25) is 5.91 Å². The van der Waals surface area contributed by atoms with E-state index in [0.717, 1.165) is 25.3 Å². The Labute approximate surface area is 114 Å². The quantitative estimate of drug-likeness (QED) is 0.879. The number of ether oxygens (including phenoxy) is 1. The van der Waals surface area contributed by atoms with Crippen LogP contribution in [0.2, 0.25) is 0 Å². The Kier molecular flexibility index (Phi) is 4.80.